The first kappa shape index (κ1) is 20.0. The molecular weight excluding hydrogens is 495 g/mol. The van der Waals surface area contributed by atoms with Crippen LogP contribution in [0.15, 0.2) is 41.3 Å². The molecule has 0 radical (unpaired) electrons. The van der Waals surface area contributed by atoms with E-state index in [1.54, 1.807) is 18.2 Å². The number of rotatable bonds is 4. The van der Waals surface area contributed by atoms with E-state index in [1.165, 1.54) is 23.8 Å². The first-order chi connectivity index (χ1) is 12.8. The zero-order valence-electron chi connectivity index (χ0n) is 14.9. The molecule has 140 valence electrons. The second-order valence-electron chi connectivity index (χ2n) is 5.98. The Morgan fingerprint density at radius 1 is 1.26 bits per heavy atom. The van der Waals surface area contributed by atoms with Gasteiger partial charge in [0.25, 0.3) is 5.91 Å². The largest absolute Gasteiger partial charge is 0.504 e. The fourth-order valence-corrected chi connectivity index (χ4v) is 4.50. The molecule has 1 saturated heterocycles. The van der Waals surface area contributed by atoms with Crippen molar-refractivity contribution in [3.63, 3.8) is 0 Å². The van der Waals surface area contributed by atoms with Gasteiger partial charge in [-0.05, 0) is 70.6 Å². The Labute approximate surface area is 181 Å². The Morgan fingerprint density at radius 3 is 2.52 bits per heavy atom. The molecule has 0 saturated carbocycles. The van der Waals surface area contributed by atoms with Gasteiger partial charge < -0.3 is 14.7 Å². The van der Waals surface area contributed by atoms with Crippen molar-refractivity contribution in [2.75, 3.05) is 31.0 Å². The first-order valence-electron chi connectivity index (χ1n) is 7.93. The molecule has 1 heterocycles. The van der Waals surface area contributed by atoms with Gasteiger partial charge >= 0.3 is 0 Å². The molecule has 2 aromatic carbocycles. The van der Waals surface area contributed by atoms with Crippen LogP contribution >= 0.6 is 46.6 Å². The third kappa shape index (κ3) is 4.07. The van der Waals surface area contributed by atoms with Gasteiger partial charge in [0.2, 0.25) is 0 Å². The molecule has 0 aromatic heterocycles. The summed E-state index contributed by atoms with van der Waals surface area (Å²) < 4.78 is 6.32. The number of carbonyl (C=O) groups is 1. The van der Waals surface area contributed by atoms with Gasteiger partial charge in [0.1, 0.15) is 0 Å². The van der Waals surface area contributed by atoms with Crippen LogP contribution in [0.4, 0.5) is 11.4 Å². The van der Waals surface area contributed by atoms with Gasteiger partial charge in [-0.15, -0.1) is 0 Å². The number of benzene rings is 2. The maximum Gasteiger partial charge on any atom is 0.270 e. The molecule has 1 fully saturated rings. The smallest absolute Gasteiger partial charge is 0.270 e. The van der Waals surface area contributed by atoms with Crippen molar-refractivity contribution in [3.8, 4) is 11.5 Å². The summed E-state index contributed by atoms with van der Waals surface area (Å²) in [6.07, 6.45) is 1.76. The first-order valence-corrected chi connectivity index (χ1v) is 10.2. The zero-order chi connectivity index (χ0) is 19.7. The van der Waals surface area contributed by atoms with Gasteiger partial charge in [-0.3, -0.25) is 9.69 Å². The number of amides is 1. The number of methoxy groups -OCH3 is 1. The second kappa shape index (κ2) is 8.07. The Balaban J connectivity index is 1.92. The van der Waals surface area contributed by atoms with E-state index in [-0.39, 0.29) is 11.7 Å². The SMILES string of the molecule is COc1cc(/C=C2\SC(=S)N(c3ccc(N(C)C)cc3)C2=O)cc(I)c1O. The fourth-order valence-electron chi connectivity index (χ4n) is 2.57. The summed E-state index contributed by atoms with van der Waals surface area (Å²) in [5.74, 6) is 0.288. The van der Waals surface area contributed by atoms with Crippen LogP contribution < -0.4 is 14.5 Å². The quantitative estimate of drug-likeness (QED) is 0.371. The molecule has 0 aliphatic carbocycles. The summed E-state index contributed by atoms with van der Waals surface area (Å²) in [4.78, 5) is 17.0. The van der Waals surface area contributed by atoms with Crippen LogP contribution in [0.1, 0.15) is 5.56 Å². The number of anilines is 2. The molecule has 1 aliphatic rings. The predicted octanol–water partition coefficient (Wildman–Crippen LogP) is 4.48. The molecule has 0 spiro atoms. The number of carbonyl (C=O) groups excluding carboxylic acids is 1. The Kier molecular flexibility index (Phi) is 5.97. The second-order valence-corrected chi connectivity index (χ2v) is 8.82. The van der Waals surface area contributed by atoms with Crippen LogP contribution in [-0.2, 0) is 4.79 Å². The molecule has 1 amide bonds. The van der Waals surface area contributed by atoms with Gasteiger partial charge in [0.15, 0.2) is 15.8 Å². The topological polar surface area (TPSA) is 53.0 Å². The molecular formula is C19H17IN2O3S2. The molecule has 0 unspecified atom stereocenters. The van der Waals surface area contributed by atoms with Crippen LogP contribution in [0.2, 0.25) is 0 Å². The van der Waals surface area contributed by atoms with E-state index in [2.05, 4.69) is 0 Å². The van der Waals surface area contributed by atoms with Crippen molar-refractivity contribution in [2.24, 2.45) is 0 Å². The average Bonchev–Trinajstić information content (AvgIpc) is 2.91. The summed E-state index contributed by atoms with van der Waals surface area (Å²) in [5.41, 5.74) is 2.55. The molecule has 2 aromatic rings. The number of hydrogen-bond acceptors (Lipinski definition) is 6. The van der Waals surface area contributed by atoms with E-state index in [4.69, 9.17) is 17.0 Å². The van der Waals surface area contributed by atoms with E-state index >= 15 is 0 Å². The van der Waals surface area contributed by atoms with Gasteiger partial charge in [0, 0.05) is 19.8 Å². The maximum atomic E-state index is 12.9. The minimum absolute atomic E-state index is 0.0868. The van der Waals surface area contributed by atoms with Crippen LogP contribution in [0, 0.1) is 3.57 Å². The highest BCUT2D eigenvalue weighted by Gasteiger charge is 2.33. The van der Waals surface area contributed by atoms with E-state index < -0.39 is 0 Å². The summed E-state index contributed by atoms with van der Waals surface area (Å²) in [6.45, 7) is 0. The number of hydrogen-bond donors (Lipinski definition) is 1. The fraction of sp³-hybridized carbons (Fsp3) is 0.158. The number of nitrogens with zero attached hydrogens (tertiary/aromatic N) is 2. The van der Waals surface area contributed by atoms with Crippen LogP contribution in [0.25, 0.3) is 6.08 Å². The van der Waals surface area contributed by atoms with Crippen molar-refractivity contribution < 1.29 is 14.6 Å². The standard InChI is InChI=1S/C19H17IN2O3S2/c1-21(2)12-4-6-13(7-5-12)22-18(24)16(27-19(22)26)10-11-8-14(20)17(23)15(9-11)25-3/h4-10,23H,1-3H3/b16-10-. The van der Waals surface area contributed by atoms with E-state index in [0.717, 1.165) is 16.9 Å². The number of halogens is 1. The van der Waals surface area contributed by atoms with Crippen LogP contribution in [-0.4, -0.2) is 36.5 Å². The highest BCUT2D eigenvalue weighted by Crippen LogP contribution is 2.38. The van der Waals surface area contributed by atoms with Gasteiger partial charge in [-0.2, -0.15) is 0 Å². The van der Waals surface area contributed by atoms with E-state index in [0.29, 0.717) is 18.5 Å². The Hall–Kier alpha value is -1.78. The van der Waals surface area contributed by atoms with Crippen molar-refractivity contribution in [1.29, 1.82) is 0 Å². The lowest BCUT2D eigenvalue weighted by molar-refractivity contribution is -0.113. The number of thioether (sulfide) groups is 1. The Morgan fingerprint density at radius 2 is 1.93 bits per heavy atom. The number of thiocarbonyl (C=S) groups is 1. The van der Waals surface area contributed by atoms with Crippen LogP contribution in [0.5, 0.6) is 11.5 Å². The van der Waals surface area contributed by atoms with Crippen LogP contribution in [0.3, 0.4) is 0 Å². The van der Waals surface area contributed by atoms with Gasteiger partial charge in [-0.25, -0.2) is 0 Å². The highest BCUT2D eigenvalue weighted by molar-refractivity contribution is 14.1. The predicted molar refractivity (Wildman–Crippen MR) is 124 cm³/mol. The Bertz CT molecular complexity index is 943. The van der Waals surface area contributed by atoms with Crippen molar-refractivity contribution in [1.82, 2.24) is 0 Å². The van der Waals surface area contributed by atoms with E-state index in [1.807, 2.05) is 65.9 Å². The number of aromatic hydroxyl groups is 1. The summed E-state index contributed by atoms with van der Waals surface area (Å²) in [7, 11) is 5.42. The van der Waals surface area contributed by atoms with Crippen molar-refractivity contribution >= 4 is 74.2 Å². The molecule has 0 atom stereocenters. The molecule has 1 aliphatic heterocycles. The number of phenols is 1. The number of ether oxygens (including phenoxy) is 1. The van der Waals surface area contributed by atoms with Gasteiger partial charge in [0.05, 0.1) is 21.3 Å². The minimum Gasteiger partial charge on any atom is -0.504 e. The molecule has 8 heteroatoms. The van der Waals surface area contributed by atoms with Crippen molar-refractivity contribution in [2.45, 2.75) is 0 Å². The lowest BCUT2D eigenvalue weighted by Crippen LogP contribution is -2.27. The molecule has 27 heavy (non-hydrogen) atoms. The lowest BCUT2D eigenvalue weighted by Gasteiger charge is -2.17. The monoisotopic (exact) mass is 512 g/mol. The summed E-state index contributed by atoms with van der Waals surface area (Å²) in [5, 5.41) is 9.97. The molecule has 0 bridgehead atoms. The van der Waals surface area contributed by atoms with Crippen molar-refractivity contribution in [3.05, 3.63) is 50.4 Å². The van der Waals surface area contributed by atoms with Gasteiger partial charge in [-0.1, -0.05) is 24.0 Å². The highest BCUT2D eigenvalue weighted by atomic mass is 127. The average molecular weight is 512 g/mol. The molecule has 5 nitrogen and oxygen atoms in total. The number of phenolic OH excluding ortho intramolecular Hbond substituents is 1. The van der Waals surface area contributed by atoms with E-state index in [9.17, 15) is 9.90 Å². The molecule has 3 rings (SSSR count). The third-order valence-corrected chi connectivity index (χ3v) is 6.11. The third-order valence-electron chi connectivity index (χ3n) is 3.99. The maximum absolute atomic E-state index is 12.9. The minimum atomic E-state index is -0.162. The summed E-state index contributed by atoms with van der Waals surface area (Å²) in [6, 6.07) is 11.1. The normalized spacial score (nSPS) is 15.6. The molecule has 1 N–H and O–H groups in total. The summed E-state index contributed by atoms with van der Waals surface area (Å²) >= 11 is 8.71. The lowest BCUT2D eigenvalue weighted by atomic mass is 10.2. The zero-order valence-corrected chi connectivity index (χ0v) is 18.7.